The minimum absolute atomic E-state index is 0.143. The second-order valence-electron chi connectivity index (χ2n) is 7.81. The smallest absolute Gasteiger partial charge is 0.326 e. The van der Waals surface area contributed by atoms with Crippen molar-refractivity contribution in [3.05, 3.63) is 0 Å². The first-order valence-electron chi connectivity index (χ1n) is 10.6. The molecule has 33 heavy (non-hydrogen) atoms. The van der Waals surface area contributed by atoms with Crippen LogP contribution in [0.4, 0.5) is 0 Å². The van der Waals surface area contributed by atoms with Gasteiger partial charge in [0, 0.05) is 6.42 Å². The quantitative estimate of drug-likeness (QED) is 0.138. The second kappa shape index (κ2) is 15.5. The Hall–Kier alpha value is -2.38. The van der Waals surface area contributed by atoms with E-state index < -0.39 is 66.4 Å². The highest BCUT2D eigenvalue weighted by molar-refractivity contribution is 7.98. The monoisotopic (exact) mass is 492 g/mol. The molecule has 0 heterocycles. The van der Waals surface area contributed by atoms with Crippen LogP contribution in [0.5, 0.6) is 0 Å². The molecule has 13 heteroatoms. The number of carbonyl (C=O) groups excluding carboxylic acids is 3. The molecule has 0 fully saturated rings. The van der Waals surface area contributed by atoms with Gasteiger partial charge in [0.1, 0.15) is 24.2 Å². The van der Waals surface area contributed by atoms with Crippen LogP contribution in [0.2, 0.25) is 0 Å². The Morgan fingerprint density at radius 3 is 1.94 bits per heavy atom. The average Bonchev–Trinajstić information content (AvgIpc) is 2.75. The van der Waals surface area contributed by atoms with Gasteiger partial charge in [-0.1, -0.05) is 20.3 Å². The Morgan fingerprint density at radius 1 is 0.909 bits per heavy atom. The molecule has 6 atom stereocenters. The fraction of sp³-hybridized carbons (Fsp3) is 0.750. The van der Waals surface area contributed by atoms with Crippen LogP contribution in [0.15, 0.2) is 0 Å². The van der Waals surface area contributed by atoms with Gasteiger partial charge < -0.3 is 37.0 Å². The maximum absolute atomic E-state index is 12.9. The predicted molar refractivity (Wildman–Crippen MR) is 122 cm³/mol. The number of nitrogens with two attached hydrogens (primary N) is 1. The van der Waals surface area contributed by atoms with Gasteiger partial charge in [0.2, 0.25) is 17.7 Å². The van der Waals surface area contributed by atoms with Crippen molar-refractivity contribution in [2.24, 2.45) is 11.7 Å². The number of aliphatic carboxylic acids is 2. The summed E-state index contributed by atoms with van der Waals surface area (Å²) in [4.78, 5) is 60.4. The van der Waals surface area contributed by atoms with Gasteiger partial charge in [-0.25, -0.2) is 4.79 Å². The summed E-state index contributed by atoms with van der Waals surface area (Å²) in [5.74, 6) is -4.72. The molecule has 0 aliphatic carbocycles. The largest absolute Gasteiger partial charge is 0.481 e. The van der Waals surface area contributed by atoms with Gasteiger partial charge in [-0.05, 0) is 37.7 Å². The molecular formula is C20H36N4O8S. The third-order valence-corrected chi connectivity index (χ3v) is 5.76. The number of amides is 3. The summed E-state index contributed by atoms with van der Waals surface area (Å²) in [6.45, 7) is 4.79. The first-order chi connectivity index (χ1) is 15.3. The molecular weight excluding hydrogens is 456 g/mol. The lowest BCUT2D eigenvalue weighted by Crippen LogP contribution is -2.59. The molecule has 0 saturated carbocycles. The molecule has 0 aromatic heterocycles. The van der Waals surface area contributed by atoms with Gasteiger partial charge in [0.05, 0.1) is 6.10 Å². The van der Waals surface area contributed by atoms with Crippen LogP contribution >= 0.6 is 11.8 Å². The van der Waals surface area contributed by atoms with Crippen LogP contribution in [0.1, 0.15) is 46.5 Å². The number of nitrogens with one attached hydrogen (secondary N) is 3. The zero-order valence-corrected chi connectivity index (χ0v) is 20.2. The van der Waals surface area contributed by atoms with Crippen molar-refractivity contribution >= 4 is 41.4 Å². The van der Waals surface area contributed by atoms with Crippen LogP contribution in [-0.2, 0) is 24.0 Å². The van der Waals surface area contributed by atoms with E-state index in [0.29, 0.717) is 12.2 Å². The summed E-state index contributed by atoms with van der Waals surface area (Å²) >= 11 is 1.40. The maximum atomic E-state index is 12.9. The molecule has 0 saturated heterocycles. The molecule has 0 rings (SSSR count). The molecule has 12 nitrogen and oxygen atoms in total. The SMILES string of the molecule is CCC(C)C(NC(=O)C(N)C(C)O)C(=O)NC(CCC(=O)O)C(=O)NC(CCSC)C(=O)O. The first-order valence-corrected chi connectivity index (χ1v) is 12.0. The average molecular weight is 493 g/mol. The molecule has 6 unspecified atom stereocenters. The highest BCUT2D eigenvalue weighted by Crippen LogP contribution is 2.11. The highest BCUT2D eigenvalue weighted by Gasteiger charge is 2.33. The molecule has 0 radical (unpaired) electrons. The van der Waals surface area contributed by atoms with Crippen molar-refractivity contribution in [2.75, 3.05) is 12.0 Å². The third kappa shape index (κ3) is 11.3. The number of hydrogen-bond donors (Lipinski definition) is 7. The van der Waals surface area contributed by atoms with Crippen molar-refractivity contribution in [2.45, 2.75) is 76.7 Å². The van der Waals surface area contributed by atoms with E-state index in [0.717, 1.165) is 0 Å². The lowest BCUT2D eigenvalue weighted by molar-refractivity contribution is -0.143. The van der Waals surface area contributed by atoms with Gasteiger partial charge in [-0.3, -0.25) is 19.2 Å². The highest BCUT2D eigenvalue weighted by atomic mass is 32.2. The number of thioether (sulfide) groups is 1. The molecule has 0 aromatic rings. The lowest BCUT2D eigenvalue weighted by atomic mass is 9.97. The Bertz CT molecular complexity index is 691. The minimum Gasteiger partial charge on any atom is -0.481 e. The van der Waals surface area contributed by atoms with E-state index in [1.807, 2.05) is 0 Å². The standard InChI is InChI=1S/C20H36N4O8S/c1-5-10(2)16(24-18(29)15(21)11(3)25)19(30)22-12(6-7-14(26)27)17(28)23-13(20(31)32)8-9-33-4/h10-13,15-16,25H,5-9,21H2,1-4H3,(H,22,30)(H,23,28)(H,24,29)(H,26,27)(H,31,32). The number of hydrogen-bond acceptors (Lipinski definition) is 8. The van der Waals surface area contributed by atoms with Crippen molar-refractivity contribution in [1.82, 2.24) is 16.0 Å². The molecule has 0 aliphatic heterocycles. The van der Waals surface area contributed by atoms with Crippen LogP contribution in [0.25, 0.3) is 0 Å². The van der Waals surface area contributed by atoms with E-state index in [-0.39, 0.29) is 18.8 Å². The van der Waals surface area contributed by atoms with Crippen molar-refractivity contribution in [3.63, 3.8) is 0 Å². The van der Waals surface area contributed by atoms with E-state index in [9.17, 15) is 34.2 Å². The number of aliphatic hydroxyl groups is 1. The van der Waals surface area contributed by atoms with Crippen molar-refractivity contribution < 1.29 is 39.3 Å². The predicted octanol–water partition coefficient (Wildman–Crippen LogP) is -1.10. The van der Waals surface area contributed by atoms with E-state index in [1.54, 1.807) is 20.1 Å². The molecule has 190 valence electrons. The van der Waals surface area contributed by atoms with Gasteiger partial charge in [-0.2, -0.15) is 11.8 Å². The second-order valence-corrected chi connectivity index (χ2v) is 8.80. The van der Waals surface area contributed by atoms with Crippen LogP contribution in [0.3, 0.4) is 0 Å². The first kappa shape index (κ1) is 30.6. The lowest BCUT2D eigenvalue weighted by Gasteiger charge is -2.28. The molecule has 8 N–H and O–H groups in total. The van der Waals surface area contributed by atoms with E-state index in [1.165, 1.54) is 18.7 Å². The molecule has 0 bridgehead atoms. The fourth-order valence-electron chi connectivity index (χ4n) is 2.73. The number of carboxylic acid groups (broad SMARTS) is 2. The zero-order valence-electron chi connectivity index (χ0n) is 19.4. The van der Waals surface area contributed by atoms with Crippen molar-refractivity contribution in [1.29, 1.82) is 0 Å². The molecule has 0 spiro atoms. The minimum atomic E-state index is -1.33. The summed E-state index contributed by atoms with van der Waals surface area (Å²) in [5.41, 5.74) is 5.62. The van der Waals surface area contributed by atoms with E-state index >= 15 is 0 Å². The molecule has 3 amide bonds. The Kier molecular flexibility index (Phi) is 14.3. The maximum Gasteiger partial charge on any atom is 0.326 e. The summed E-state index contributed by atoms with van der Waals surface area (Å²) < 4.78 is 0. The van der Waals surface area contributed by atoms with E-state index in [2.05, 4.69) is 16.0 Å². The van der Waals surface area contributed by atoms with Gasteiger partial charge in [0.15, 0.2) is 0 Å². The Labute approximate surface area is 197 Å². The normalized spacial score (nSPS) is 16.4. The fourth-order valence-corrected chi connectivity index (χ4v) is 3.21. The summed E-state index contributed by atoms with van der Waals surface area (Å²) in [5, 5.41) is 35.1. The number of carbonyl (C=O) groups is 5. The Morgan fingerprint density at radius 2 is 1.48 bits per heavy atom. The van der Waals surface area contributed by atoms with Crippen LogP contribution < -0.4 is 21.7 Å². The van der Waals surface area contributed by atoms with Gasteiger partial charge in [0.25, 0.3) is 0 Å². The number of rotatable bonds is 16. The van der Waals surface area contributed by atoms with Gasteiger partial charge in [-0.15, -0.1) is 0 Å². The third-order valence-electron chi connectivity index (χ3n) is 5.12. The van der Waals surface area contributed by atoms with Crippen LogP contribution in [-0.4, -0.2) is 87.3 Å². The number of carboxylic acids is 2. The summed E-state index contributed by atoms with van der Waals surface area (Å²) in [7, 11) is 0. The summed E-state index contributed by atoms with van der Waals surface area (Å²) in [6.07, 6.45) is 0.511. The summed E-state index contributed by atoms with van der Waals surface area (Å²) in [6, 6.07) is -4.93. The number of aliphatic hydroxyl groups excluding tert-OH is 1. The Balaban J connectivity index is 5.59. The van der Waals surface area contributed by atoms with Crippen molar-refractivity contribution in [3.8, 4) is 0 Å². The topological polar surface area (TPSA) is 208 Å². The van der Waals surface area contributed by atoms with E-state index in [4.69, 9.17) is 10.8 Å². The zero-order chi connectivity index (χ0) is 25.7. The molecule has 0 aliphatic rings. The molecule has 0 aromatic carbocycles. The van der Waals surface area contributed by atoms with Crippen LogP contribution in [0, 0.1) is 5.92 Å². The van der Waals surface area contributed by atoms with Gasteiger partial charge >= 0.3 is 11.9 Å².